The fraction of sp³-hybridized carbons (Fsp3) is 1.00. The van der Waals surface area contributed by atoms with E-state index in [0.29, 0.717) is 5.41 Å². The highest BCUT2D eigenvalue weighted by Gasteiger charge is 2.34. The Morgan fingerprint density at radius 2 is 2.18 bits per heavy atom. The fourth-order valence-corrected chi connectivity index (χ4v) is 3.91. The molecule has 2 unspecified atom stereocenters. The number of hydrogen-bond acceptors (Lipinski definition) is 3. The van der Waals surface area contributed by atoms with E-state index >= 15 is 0 Å². The zero-order valence-corrected chi connectivity index (χ0v) is 11.2. The summed E-state index contributed by atoms with van der Waals surface area (Å²) < 4.78 is 0. The summed E-state index contributed by atoms with van der Waals surface area (Å²) in [6.45, 7) is 11.5. The molecule has 0 aromatic carbocycles. The Kier molecular flexibility index (Phi) is 3.42. The van der Waals surface area contributed by atoms with Gasteiger partial charge in [-0.1, -0.05) is 13.3 Å². The lowest BCUT2D eigenvalue weighted by molar-refractivity contribution is 0.0318. The summed E-state index contributed by atoms with van der Waals surface area (Å²) in [6, 6.07) is 0.871. The van der Waals surface area contributed by atoms with E-state index in [0.717, 1.165) is 6.04 Å². The molecule has 3 fully saturated rings. The Labute approximate surface area is 106 Å². The lowest BCUT2D eigenvalue weighted by atomic mass is 9.88. The molecule has 2 atom stereocenters. The van der Waals surface area contributed by atoms with Crippen LogP contribution in [0.3, 0.4) is 0 Å². The zero-order chi connectivity index (χ0) is 11.7. The van der Waals surface area contributed by atoms with Gasteiger partial charge in [0.25, 0.3) is 0 Å². The van der Waals surface area contributed by atoms with Crippen LogP contribution in [0.25, 0.3) is 0 Å². The van der Waals surface area contributed by atoms with Gasteiger partial charge in [-0.25, -0.2) is 0 Å². The average Bonchev–Trinajstić information content (AvgIpc) is 2.76. The average molecular weight is 237 g/mol. The number of rotatable bonds is 2. The van der Waals surface area contributed by atoms with Gasteiger partial charge >= 0.3 is 0 Å². The van der Waals surface area contributed by atoms with E-state index in [4.69, 9.17) is 0 Å². The highest BCUT2D eigenvalue weighted by atomic mass is 15.3. The normalized spacial score (nSPS) is 40.4. The molecule has 0 saturated carbocycles. The molecule has 0 spiro atoms. The molecule has 1 N–H and O–H groups in total. The molecule has 0 amide bonds. The van der Waals surface area contributed by atoms with E-state index in [1.165, 1.54) is 71.5 Å². The van der Waals surface area contributed by atoms with Crippen molar-refractivity contribution < 1.29 is 0 Å². The van der Waals surface area contributed by atoms with Crippen LogP contribution in [-0.4, -0.2) is 61.7 Å². The van der Waals surface area contributed by atoms with Crippen LogP contribution in [0.15, 0.2) is 0 Å². The number of nitrogens with zero attached hydrogens (tertiary/aromatic N) is 2. The van der Waals surface area contributed by atoms with E-state index in [1.54, 1.807) is 0 Å². The highest BCUT2D eigenvalue weighted by Crippen LogP contribution is 2.28. The number of fused-ring (bicyclic) bond motifs is 1. The quantitative estimate of drug-likeness (QED) is 0.777. The SMILES string of the molecule is CC1(CN2CCN3CCCCC3C2)CCNC1. The van der Waals surface area contributed by atoms with Crippen molar-refractivity contribution in [1.29, 1.82) is 0 Å². The van der Waals surface area contributed by atoms with Crippen LogP contribution < -0.4 is 5.32 Å². The Morgan fingerprint density at radius 1 is 1.24 bits per heavy atom. The lowest BCUT2D eigenvalue weighted by Crippen LogP contribution is -2.56. The highest BCUT2D eigenvalue weighted by molar-refractivity contribution is 4.91. The van der Waals surface area contributed by atoms with Crippen LogP contribution in [0.2, 0.25) is 0 Å². The maximum atomic E-state index is 3.52. The van der Waals surface area contributed by atoms with Crippen LogP contribution in [0.5, 0.6) is 0 Å². The van der Waals surface area contributed by atoms with Gasteiger partial charge in [-0.15, -0.1) is 0 Å². The van der Waals surface area contributed by atoms with Gasteiger partial charge in [0.2, 0.25) is 0 Å². The van der Waals surface area contributed by atoms with Gasteiger partial charge in [-0.3, -0.25) is 9.80 Å². The molecule has 3 rings (SSSR count). The third kappa shape index (κ3) is 2.67. The summed E-state index contributed by atoms with van der Waals surface area (Å²) in [5.41, 5.74) is 0.539. The number of hydrogen-bond donors (Lipinski definition) is 1. The predicted octanol–water partition coefficient (Wildman–Crippen LogP) is 1.16. The third-order valence-electron chi connectivity index (χ3n) is 4.98. The second kappa shape index (κ2) is 4.87. The first kappa shape index (κ1) is 11.9. The summed E-state index contributed by atoms with van der Waals surface area (Å²) >= 11 is 0. The Hall–Kier alpha value is -0.120. The number of piperidine rings is 1. The van der Waals surface area contributed by atoms with Crippen LogP contribution in [0, 0.1) is 5.41 Å². The largest absolute Gasteiger partial charge is 0.316 e. The van der Waals surface area contributed by atoms with Gasteiger partial charge in [0, 0.05) is 38.8 Å². The molecular weight excluding hydrogens is 210 g/mol. The molecule has 3 aliphatic heterocycles. The maximum absolute atomic E-state index is 3.52. The zero-order valence-electron chi connectivity index (χ0n) is 11.2. The molecule has 3 heterocycles. The van der Waals surface area contributed by atoms with Gasteiger partial charge in [-0.2, -0.15) is 0 Å². The first-order chi connectivity index (χ1) is 8.25. The maximum Gasteiger partial charge on any atom is 0.0223 e. The molecular formula is C14H27N3. The molecule has 17 heavy (non-hydrogen) atoms. The first-order valence-corrected chi connectivity index (χ1v) is 7.42. The summed E-state index contributed by atoms with van der Waals surface area (Å²) in [5, 5.41) is 3.52. The monoisotopic (exact) mass is 237 g/mol. The van der Waals surface area contributed by atoms with E-state index in [1.807, 2.05) is 0 Å². The predicted molar refractivity (Wildman–Crippen MR) is 71.2 cm³/mol. The second-order valence-corrected chi connectivity index (χ2v) is 6.66. The Morgan fingerprint density at radius 3 is 3.00 bits per heavy atom. The molecule has 3 saturated heterocycles. The summed E-state index contributed by atoms with van der Waals surface area (Å²) in [5.74, 6) is 0. The van der Waals surface area contributed by atoms with Crippen LogP contribution in [0.1, 0.15) is 32.6 Å². The molecule has 98 valence electrons. The van der Waals surface area contributed by atoms with Crippen molar-refractivity contribution in [1.82, 2.24) is 15.1 Å². The second-order valence-electron chi connectivity index (χ2n) is 6.66. The van der Waals surface area contributed by atoms with Crippen molar-refractivity contribution in [2.75, 3.05) is 45.8 Å². The van der Waals surface area contributed by atoms with E-state index in [9.17, 15) is 0 Å². The van der Waals surface area contributed by atoms with Gasteiger partial charge in [-0.05, 0) is 37.8 Å². The summed E-state index contributed by atoms with van der Waals surface area (Å²) in [4.78, 5) is 5.47. The van der Waals surface area contributed by atoms with Crippen LogP contribution in [-0.2, 0) is 0 Å². The minimum absolute atomic E-state index is 0.539. The van der Waals surface area contributed by atoms with Crippen molar-refractivity contribution in [3.8, 4) is 0 Å². The van der Waals surface area contributed by atoms with Crippen molar-refractivity contribution in [3.63, 3.8) is 0 Å². The standard InChI is InChI=1S/C14H27N3/c1-14(5-6-15-11-14)12-16-8-9-17-7-3-2-4-13(17)10-16/h13,15H,2-12H2,1H3. The van der Waals surface area contributed by atoms with Gasteiger partial charge in [0.15, 0.2) is 0 Å². The minimum Gasteiger partial charge on any atom is -0.316 e. The molecule has 0 bridgehead atoms. The molecule has 0 aliphatic carbocycles. The van der Waals surface area contributed by atoms with Crippen LogP contribution in [0.4, 0.5) is 0 Å². The number of piperazine rings is 1. The summed E-state index contributed by atoms with van der Waals surface area (Å²) in [7, 11) is 0. The van der Waals surface area contributed by atoms with E-state index in [-0.39, 0.29) is 0 Å². The van der Waals surface area contributed by atoms with Crippen molar-refractivity contribution in [3.05, 3.63) is 0 Å². The van der Waals surface area contributed by atoms with Crippen molar-refractivity contribution in [2.45, 2.75) is 38.6 Å². The Bertz CT molecular complexity index is 260. The first-order valence-electron chi connectivity index (χ1n) is 7.42. The third-order valence-corrected chi connectivity index (χ3v) is 4.98. The Balaban J connectivity index is 1.55. The molecule has 3 heteroatoms. The van der Waals surface area contributed by atoms with Gasteiger partial charge in [0.05, 0.1) is 0 Å². The molecule has 3 nitrogen and oxygen atoms in total. The van der Waals surface area contributed by atoms with Crippen molar-refractivity contribution in [2.24, 2.45) is 5.41 Å². The van der Waals surface area contributed by atoms with E-state index in [2.05, 4.69) is 22.0 Å². The minimum atomic E-state index is 0.539. The van der Waals surface area contributed by atoms with Crippen molar-refractivity contribution >= 4 is 0 Å². The fourth-order valence-electron chi connectivity index (χ4n) is 3.91. The topological polar surface area (TPSA) is 18.5 Å². The lowest BCUT2D eigenvalue weighted by Gasteiger charge is -2.45. The van der Waals surface area contributed by atoms with Crippen LogP contribution >= 0.6 is 0 Å². The van der Waals surface area contributed by atoms with E-state index < -0.39 is 0 Å². The summed E-state index contributed by atoms with van der Waals surface area (Å²) in [6.07, 6.45) is 5.68. The molecule has 0 aromatic rings. The van der Waals surface area contributed by atoms with Gasteiger partial charge < -0.3 is 5.32 Å². The van der Waals surface area contributed by atoms with Gasteiger partial charge in [0.1, 0.15) is 0 Å². The molecule has 0 aromatic heterocycles. The molecule has 0 radical (unpaired) electrons. The number of nitrogens with one attached hydrogen (secondary N) is 1. The molecule has 3 aliphatic rings. The smallest absolute Gasteiger partial charge is 0.0223 e.